The van der Waals surface area contributed by atoms with Crippen LogP contribution >= 0.6 is 0 Å². The Bertz CT molecular complexity index is 672. The first kappa shape index (κ1) is 16.5. The maximum atomic E-state index is 12.5. The molecular weight excluding hydrogens is 300 g/mol. The fraction of sp³-hybridized carbons (Fsp3) is 0.350. The zero-order valence-electron chi connectivity index (χ0n) is 14.1. The zero-order chi connectivity index (χ0) is 16.8. The quantitative estimate of drug-likeness (QED) is 0.867. The standard InChI is InChI=1S/C20H24N2O2/c1-21-12-7-13-22(15-14-21)20(23)16-24-19-11-6-5-10-18(19)17-8-3-2-4-9-17/h2-6,8-11H,7,12-16H2,1H3. The maximum absolute atomic E-state index is 12.5. The van der Waals surface area contributed by atoms with Crippen molar-refractivity contribution in [3.05, 3.63) is 54.6 Å². The van der Waals surface area contributed by atoms with Gasteiger partial charge in [-0.3, -0.25) is 4.79 Å². The van der Waals surface area contributed by atoms with Gasteiger partial charge in [-0.1, -0.05) is 48.5 Å². The predicted octanol–water partition coefficient (Wildman–Crippen LogP) is 2.90. The molecule has 1 heterocycles. The molecular formula is C20H24N2O2. The van der Waals surface area contributed by atoms with Crippen molar-refractivity contribution in [2.75, 3.05) is 39.8 Å². The number of amides is 1. The summed E-state index contributed by atoms with van der Waals surface area (Å²) >= 11 is 0. The molecule has 0 aliphatic carbocycles. The summed E-state index contributed by atoms with van der Waals surface area (Å²) in [5.41, 5.74) is 2.11. The summed E-state index contributed by atoms with van der Waals surface area (Å²) < 4.78 is 5.87. The predicted molar refractivity (Wildman–Crippen MR) is 96.1 cm³/mol. The summed E-state index contributed by atoms with van der Waals surface area (Å²) in [6.45, 7) is 3.65. The van der Waals surface area contributed by atoms with Crippen LogP contribution in [0.5, 0.6) is 5.75 Å². The van der Waals surface area contributed by atoms with Gasteiger partial charge in [-0.25, -0.2) is 0 Å². The molecule has 0 radical (unpaired) electrons. The van der Waals surface area contributed by atoms with Gasteiger partial charge in [0.2, 0.25) is 0 Å². The number of ether oxygens (including phenoxy) is 1. The van der Waals surface area contributed by atoms with Gasteiger partial charge in [-0.05, 0) is 31.6 Å². The van der Waals surface area contributed by atoms with Crippen molar-refractivity contribution < 1.29 is 9.53 Å². The van der Waals surface area contributed by atoms with Gasteiger partial charge in [-0.2, -0.15) is 0 Å². The fourth-order valence-corrected chi connectivity index (χ4v) is 2.98. The third kappa shape index (κ3) is 4.15. The summed E-state index contributed by atoms with van der Waals surface area (Å²) in [6, 6.07) is 18.0. The van der Waals surface area contributed by atoms with Crippen molar-refractivity contribution in [3.8, 4) is 16.9 Å². The number of hydrogen-bond donors (Lipinski definition) is 0. The van der Waals surface area contributed by atoms with Crippen molar-refractivity contribution in [2.45, 2.75) is 6.42 Å². The molecule has 2 aromatic rings. The minimum Gasteiger partial charge on any atom is -0.483 e. The zero-order valence-corrected chi connectivity index (χ0v) is 14.1. The molecule has 1 amide bonds. The van der Waals surface area contributed by atoms with Gasteiger partial charge in [0, 0.05) is 25.2 Å². The number of rotatable bonds is 4. The summed E-state index contributed by atoms with van der Waals surface area (Å²) in [6.07, 6.45) is 1.02. The van der Waals surface area contributed by atoms with Crippen LogP contribution in [0.3, 0.4) is 0 Å². The molecule has 0 saturated carbocycles. The molecule has 1 fully saturated rings. The Kier molecular flexibility index (Phi) is 5.49. The number of carbonyl (C=O) groups is 1. The number of likely N-dealkylation sites (N-methyl/N-ethyl adjacent to an activating group) is 1. The summed E-state index contributed by atoms with van der Waals surface area (Å²) in [7, 11) is 2.10. The highest BCUT2D eigenvalue weighted by atomic mass is 16.5. The van der Waals surface area contributed by atoms with Crippen LogP contribution < -0.4 is 4.74 Å². The lowest BCUT2D eigenvalue weighted by Gasteiger charge is -2.21. The summed E-state index contributed by atoms with van der Waals surface area (Å²) in [5, 5.41) is 0. The van der Waals surface area contributed by atoms with Crippen molar-refractivity contribution in [1.29, 1.82) is 0 Å². The van der Waals surface area contributed by atoms with Crippen LogP contribution in [-0.4, -0.2) is 55.5 Å². The van der Waals surface area contributed by atoms with Crippen LogP contribution in [0.25, 0.3) is 11.1 Å². The molecule has 1 aliphatic rings. The van der Waals surface area contributed by atoms with Crippen LogP contribution in [-0.2, 0) is 4.79 Å². The molecule has 2 aromatic carbocycles. The van der Waals surface area contributed by atoms with Crippen molar-refractivity contribution >= 4 is 5.91 Å². The second kappa shape index (κ2) is 7.97. The van der Waals surface area contributed by atoms with Crippen LogP contribution in [0.1, 0.15) is 6.42 Å². The average molecular weight is 324 g/mol. The van der Waals surface area contributed by atoms with E-state index in [-0.39, 0.29) is 12.5 Å². The Balaban J connectivity index is 1.66. The molecule has 1 aliphatic heterocycles. The lowest BCUT2D eigenvalue weighted by Crippen LogP contribution is -2.37. The first-order valence-corrected chi connectivity index (χ1v) is 8.47. The van der Waals surface area contributed by atoms with Crippen LogP contribution in [0.15, 0.2) is 54.6 Å². The van der Waals surface area contributed by atoms with Gasteiger partial charge in [0.1, 0.15) is 5.75 Å². The van der Waals surface area contributed by atoms with E-state index in [9.17, 15) is 4.79 Å². The Morgan fingerprint density at radius 1 is 0.958 bits per heavy atom. The van der Waals surface area contributed by atoms with Crippen LogP contribution in [0, 0.1) is 0 Å². The molecule has 3 rings (SSSR count). The number of para-hydroxylation sites is 1. The van der Waals surface area contributed by atoms with E-state index in [4.69, 9.17) is 4.74 Å². The molecule has 0 bridgehead atoms. The normalized spacial score (nSPS) is 15.8. The lowest BCUT2D eigenvalue weighted by atomic mass is 10.1. The van der Waals surface area contributed by atoms with E-state index in [1.54, 1.807) is 0 Å². The topological polar surface area (TPSA) is 32.8 Å². The van der Waals surface area contributed by atoms with Crippen molar-refractivity contribution in [2.24, 2.45) is 0 Å². The Hall–Kier alpha value is -2.33. The second-order valence-electron chi connectivity index (χ2n) is 6.19. The van der Waals surface area contributed by atoms with Gasteiger partial charge in [0.05, 0.1) is 0 Å². The number of carbonyl (C=O) groups excluding carboxylic acids is 1. The fourth-order valence-electron chi connectivity index (χ4n) is 2.98. The number of benzene rings is 2. The van der Waals surface area contributed by atoms with Crippen LogP contribution in [0.4, 0.5) is 0 Å². The van der Waals surface area contributed by atoms with E-state index >= 15 is 0 Å². The Labute approximate surface area is 143 Å². The highest BCUT2D eigenvalue weighted by molar-refractivity contribution is 5.78. The first-order valence-electron chi connectivity index (χ1n) is 8.47. The highest BCUT2D eigenvalue weighted by Crippen LogP contribution is 2.29. The van der Waals surface area contributed by atoms with Gasteiger partial charge in [0.15, 0.2) is 6.61 Å². The summed E-state index contributed by atoms with van der Waals surface area (Å²) in [5.74, 6) is 0.817. The molecule has 0 atom stereocenters. The van der Waals surface area contributed by atoms with E-state index < -0.39 is 0 Å². The summed E-state index contributed by atoms with van der Waals surface area (Å²) in [4.78, 5) is 16.6. The van der Waals surface area contributed by atoms with E-state index in [2.05, 4.69) is 24.1 Å². The molecule has 4 heteroatoms. The molecule has 0 unspecified atom stereocenters. The SMILES string of the molecule is CN1CCCN(C(=O)COc2ccccc2-c2ccccc2)CC1. The molecule has 24 heavy (non-hydrogen) atoms. The van der Waals surface area contributed by atoms with Crippen LogP contribution in [0.2, 0.25) is 0 Å². The molecule has 0 aromatic heterocycles. The third-order valence-corrected chi connectivity index (χ3v) is 4.40. The molecule has 4 nitrogen and oxygen atoms in total. The number of nitrogens with zero attached hydrogens (tertiary/aromatic N) is 2. The smallest absolute Gasteiger partial charge is 0.260 e. The highest BCUT2D eigenvalue weighted by Gasteiger charge is 2.18. The monoisotopic (exact) mass is 324 g/mol. The minimum atomic E-state index is 0.0631. The van der Waals surface area contributed by atoms with E-state index in [0.717, 1.165) is 49.5 Å². The van der Waals surface area contributed by atoms with E-state index in [1.165, 1.54) is 0 Å². The molecule has 0 N–H and O–H groups in total. The van der Waals surface area contributed by atoms with E-state index in [0.29, 0.717) is 0 Å². The molecule has 0 spiro atoms. The largest absolute Gasteiger partial charge is 0.483 e. The number of hydrogen-bond acceptors (Lipinski definition) is 3. The first-order chi connectivity index (χ1) is 11.7. The van der Waals surface area contributed by atoms with Crippen molar-refractivity contribution in [3.63, 3.8) is 0 Å². The lowest BCUT2D eigenvalue weighted by molar-refractivity contribution is -0.133. The maximum Gasteiger partial charge on any atom is 0.260 e. The average Bonchev–Trinajstić information content (AvgIpc) is 2.85. The Morgan fingerprint density at radius 2 is 1.71 bits per heavy atom. The second-order valence-corrected chi connectivity index (χ2v) is 6.19. The third-order valence-electron chi connectivity index (χ3n) is 4.40. The van der Waals surface area contributed by atoms with Gasteiger partial charge < -0.3 is 14.5 Å². The van der Waals surface area contributed by atoms with Crippen molar-refractivity contribution in [1.82, 2.24) is 9.80 Å². The van der Waals surface area contributed by atoms with Gasteiger partial charge >= 0.3 is 0 Å². The minimum absolute atomic E-state index is 0.0631. The Morgan fingerprint density at radius 3 is 2.54 bits per heavy atom. The van der Waals surface area contributed by atoms with Gasteiger partial charge in [0.25, 0.3) is 5.91 Å². The molecule has 126 valence electrons. The molecule has 1 saturated heterocycles. The van der Waals surface area contributed by atoms with E-state index in [1.807, 2.05) is 47.4 Å². The van der Waals surface area contributed by atoms with Gasteiger partial charge in [-0.15, -0.1) is 0 Å².